The number of anilines is 1. The number of amides is 1. The van der Waals surface area contributed by atoms with E-state index in [2.05, 4.69) is 5.32 Å². The summed E-state index contributed by atoms with van der Waals surface area (Å²) in [5.74, 6) is -0.103. The lowest BCUT2D eigenvalue weighted by Crippen LogP contribution is -2.32. The first-order valence-electron chi connectivity index (χ1n) is 8.28. The van der Waals surface area contributed by atoms with Gasteiger partial charge in [-0.25, -0.2) is 0 Å². The van der Waals surface area contributed by atoms with Crippen LogP contribution in [-0.4, -0.2) is 30.3 Å². The van der Waals surface area contributed by atoms with Crippen LogP contribution in [0.1, 0.15) is 19.4 Å². The molecular weight excluding hydrogens is 350 g/mol. The molecule has 0 aliphatic rings. The van der Waals surface area contributed by atoms with Gasteiger partial charge in [0, 0.05) is 10.6 Å². The van der Waals surface area contributed by atoms with Crippen molar-refractivity contribution in [2.45, 2.75) is 37.0 Å². The number of nitrogens with one attached hydrogen (secondary N) is 1. The van der Waals surface area contributed by atoms with Crippen molar-refractivity contribution < 1.29 is 19.1 Å². The molecule has 0 unspecified atom stereocenters. The largest absolute Gasteiger partial charge is 0.497 e. The van der Waals surface area contributed by atoms with Gasteiger partial charge in [-0.15, -0.1) is 11.8 Å². The van der Waals surface area contributed by atoms with Gasteiger partial charge in [-0.1, -0.05) is 17.7 Å². The number of aryl methyl sites for hydroxylation is 1. The molecule has 0 saturated carbocycles. The monoisotopic (exact) mass is 373 g/mol. The van der Waals surface area contributed by atoms with E-state index in [-0.39, 0.29) is 5.91 Å². The summed E-state index contributed by atoms with van der Waals surface area (Å²) >= 11 is 1.40. The van der Waals surface area contributed by atoms with E-state index in [9.17, 15) is 9.59 Å². The second-order valence-electron chi connectivity index (χ2n) is 5.87. The van der Waals surface area contributed by atoms with Crippen molar-refractivity contribution in [3.8, 4) is 5.75 Å². The van der Waals surface area contributed by atoms with Crippen LogP contribution in [0.2, 0.25) is 0 Å². The van der Waals surface area contributed by atoms with Crippen molar-refractivity contribution in [3.63, 3.8) is 0 Å². The van der Waals surface area contributed by atoms with Crippen molar-refractivity contribution >= 4 is 29.3 Å². The molecule has 0 radical (unpaired) electrons. The fourth-order valence-corrected chi connectivity index (χ4v) is 2.96. The van der Waals surface area contributed by atoms with Gasteiger partial charge in [0.2, 0.25) is 0 Å². The number of ether oxygens (including phenoxy) is 2. The van der Waals surface area contributed by atoms with E-state index in [1.54, 1.807) is 45.2 Å². The lowest BCUT2D eigenvalue weighted by molar-refractivity contribution is -0.152. The molecule has 6 heteroatoms. The molecule has 0 bridgehead atoms. The minimum absolute atomic E-state index is 0.379. The SMILES string of the molecule is COc1ccc(NC(=O)[C@@H](C)OC(=O)[C@@H](C)Sc2ccc(C)cc2)cc1. The van der Waals surface area contributed by atoms with Crippen LogP contribution in [0.5, 0.6) is 5.75 Å². The van der Waals surface area contributed by atoms with Gasteiger partial charge in [0.05, 0.1) is 7.11 Å². The van der Waals surface area contributed by atoms with Crippen LogP contribution in [0.15, 0.2) is 53.4 Å². The van der Waals surface area contributed by atoms with Crippen LogP contribution >= 0.6 is 11.8 Å². The molecule has 0 saturated heterocycles. The number of carbonyl (C=O) groups is 2. The summed E-state index contributed by atoms with van der Waals surface area (Å²) in [5, 5.41) is 2.31. The highest BCUT2D eigenvalue weighted by molar-refractivity contribution is 8.00. The van der Waals surface area contributed by atoms with E-state index in [1.165, 1.54) is 11.8 Å². The van der Waals surface area contributed by atoms with E-state index in [0.717, 1.165) is 10.5 Å². The third kappa shape index (κ3) is 5.81. The van der Waals surface area contributed by atoms with E-state index >= 15 is 0 Å². The standard InChI is InChI=1S/C20H23NO4S/c1-13-5-11-18(12-6-13)26-15(3)20(23)25-14(2)19(22)21-16-7-9-17(24-4)10-8-16/h5-12,14-15H,1-4H3,(H,21,22)/t14-,15-/m1/s1. The molecule has 2 rings (SSSR count). The maximum absolute atomic E-state index is 12.2. The van der Waals surface area contributed by atoms with E-state index in [1.807, 2.05) is 31.2 Å². The average Bonchev–Trinajstić information content (AvgIpc) is 2.64. The number of rotatable bonds is 7. The first-order valence-corrected chi connectivity index (χ1v) is 9.15. The van der Waals surface area contributed by atoms with Gasteiger partial charge < -0.3 is 14.8 Å². The van der Waals surface area contributed by atoms with Gasteiger partial charge in [-0.2, -0.15) is 0 Å². The molecule has 5 nitrogen and oxygen atoms in total. The van der Waals surface area contributed by atoms with Crippen LogP contribution in [0.3, 0.4) is 0 Å². The summed E-state index contributed by atoms with van der Waals surface area (Å²) in [6.45, 7) is 5.33. The zero-order valence-corrected chi connectivity index (χ0v) is 16.1. The van der Waals surface area contributed by atoms with Crippen molar-refractivity contribution in [2.75, 3.05) is 12.4 Å². The van der Waals surface area contributed by atoms with E-state index in [0.29, 0.717) is 11.4 Å². The number of methoxy groups -OCH3 is 1. The molecule has 2 aromatic carbocycles. The summed E-state index contributed by atoms with van der Waals surface area (Å²) < 4.78 is 10.4. The number of benzene rings is 2. The zero-order chi connectivity index (χ0) is 19.1. The Bertz CT molecular complexity index is 743. The fraction of sp³-hybridized carbons (Fsp3) is 0.300. The minimum Gasteiger partial charge on any atom is -0.497 e. The first-order chi connectivity index (χ1) is 12.4. The lowest BCUT2D eigenvalue weighted by atomic mass is 10.2. The van der Waals surface area contributed by atoms with Gasteiger partial charge in [0.25, 0.3) is 5.91 Å². The molecule has 0 aliphatic heterocycles. The molecule has 0 aliphatic carbocycles. The van der Waals surface area contributed by atoms with Crippen molar-refractivity contribution in [3.05, 3.63) is 54.1 Å². The highest BCUT2D eigenvalue weighted by atomic mass is 32.2. The third-order valence-electron chi connectivity index (χ3n) is 3.69. The van der Waals surface area contributed by atoms with Crippen LogP contribution < -0.4 is 10.1 Å². The van der Waals surface area contributed by atoms with E-state index < -0.39 is 17.3 Å². The van der Waals surface area contributed by atoms with Crippen molar-refractivity contribution in [2.24, 2.45) is 0 Å². The maximum atomic E-state index is 12.2. The zero-order valence-electron chi connectivity index (χ0n) is 15.3. The van der Waals surface area contributed by atoms with Crippen LogP contribution in [0, 0.1) is 6.92 Å². The minimum atomic E-state index is -0.884. The van der Waals surface area contributed by atoms with Crippen LogP contribution in [0.4, 0.5) is 5.69 Å². The molecule has 2 aromatic rings. The van der Waals surface area contributed by atoms with E-state index in [4.69, 9.17) is 9.47 Å². The molecule has 0 fully saturated rings. The topological polar surface area (TPSA) is 64.6 Å². The quantitative estimate of drug-likeness (QED) is 0.586. The fourth-order valence-electron chi connectivity index (χ4n) is 2.11. The number of hydrogen-bond donors (Lipinski definition) is 1. The highest BCUT2D eigenvalue weighted by Crippen LogP contribution is 2.24. The number of hydrogen-bond acceptors (Lipinski definition) is 5. The second kappa shape index (κ2) is 9.29. The van der Waals surface area contributed by atoms with Crippen LogP contribution in [-0.2, 0) is 14.3 Å². The highest BCUT2D eigenvalue weighted by Gasteiger charge is 2.22. The Kier molecular flexibility index (Phi) is 7.09. The third-order valence-corrected chi connectivity index (χ3v) is 4.78. The molecule has 1 amide bonds. The Morgan fingerprint density at radius 2 is 1.62 bits per heavy atom. The second-order valence-corrected chi connectivity index (χ2v) is 7.28. The smallest absolute Gasteiger partial charge is 0.319 e. The number of esters is 1. The number of thioether (sulfide) groups is 1. The molecular formula is C20H23NO4S. The normalized spacial score (nSPS) is 12.8. The first kappa shape index (κ1) is 19.8. The lowest BCUT2D eigenvalue weighted by Gasteiger charge is -2.16. The molecule has 138 valence electrons. The Labute approximate surface area is 158 Å². The summed E-state index contributed by atoms with van der Waals surface area (Å²) in [4.78, 5) is 25.4. The average molecular weight is 373 g/mol. The molecule has 1 N–H and O–H groups in total. The number of carbonyl (C=O) groups excluding carboxylic acids is 2. The molecule has 2 atom stereocenters. The van der Waals surface area contributed by atoms with Crippen LogP contribution in [0.25, 0.3) is 0 Å². The van der Waals surface area contributed by atoms with Crippen molar-refractivity contribution in [1.29, 1.82) is 0 Å². The predicted molar refractivity (Wildman–Crippen MR) is 104 cm³/mol. The molecule has 0 heterocycles. The Hall–Kier alpha value is -2.47. The van der Waals surface area contributed by atoms with Gasteiger partial charge in [0.1, 0.15) is 11.0 Å². The maximum Gasteiger partial charge on any atom is 0.319 e. The Morgan fingerprint density at radius 1 is 1.00 bits per heavy atom. The van der Waals surface area contributed by atoms with Crippen molar-refractivity contribution in [1.82, 2.24) is 0 Å². The Balaban J connectivity index is 1.86. The molecule has 0 aromatic heterocycles. The summed E-state index contributed by atoms with van der Waals surface area (Å²) in [7, 11) is 1.57. The predicted octanol–water partition coefficient (Wildman–Crippen LogP) is 4.05. The molecule has 0 spiro atoms. The summed E-state index contributed by atoms with van der Waals surface area (Å²) in [6, 6.07) is 14.8. The summed E-state index contributed by atoms with van der Waals surface area (Å²) in [6.07, 6.45) is -0.884. The van der Waals surface area contributed by atoms with Gasteiger partial charge >= 0.3 is 5.97 Å². The van der Waals surface area contributed by atoms with Gasteiger partial charge in [-0.3, -0.25) is 9.59 Å². The van der Waals surface area contributed by atoms with Gasteiger partial charge in [-0.05, 0) is 57.2 Å². The summed E-state index contributed by atoms with van der Waals surface area (Å²) in [5.41, 5.74) is 1.77. The van der Waals surface area contributed by atoms with Gasteiger partial charge in [0.15, 0.2) is 6.10 Å². The molecule has 26 heavy (non-hydrogen) atoms. The Morgan fingerprint density at radius 3 is 2.19 bits per heavy atom.